The summed E-state index contributed by atoms with van der Waals surface area (Å²) >= 11 is 6.13. The van der Waals surface area contributed by atoms with E-state index in [-0.39, 0.29) is 0 Å². The molecule has 0 amide bonds. The van der Waals surface area contributed by atoms with Gasteiger partial charge in [-0.25, -0.2) is 0 Å². The highest BCUT2D eigenvalue weighted by Gasteiger charge is 2.03. The van der Waals surface area contributed by atoms with Crippen LogP contribution in [0.2, 0.25) is 5.02 Å². The Morgan fingerprint density at radius 1 is 1.29 bits per heavy atom. The van der Waals surface area contributed by atoms with E-state index in [9.17, 15) is 0 Å². The second-order valence-corrected chi connectivity index (χ2v) is 4.55. The molecule has 96 valence electrons. The number of halogens is 1. The maximum Gasteiger partial charge on any atom is 0.138 e. The Labute approximate surface area is 108 Å². The molecule has 1 N–H and O–H groups in total. The zero-order valence-corrected chi connectivity index (χ0v) is 11.4. The van der Waals surface area contributed by atoms with Crippen molar-refractivity contribution in [2.45, 2.75) is 26.4 Å². The fourth-order valence-electron chi connectivity index (χ4n) is 1.33. The minimum absolute atomic E-state index is 0.464. The average molecular weight is 258 g/mol. The van der Waals surface area contributed by atoms with Crippen LogP contribution in [0.4, 0.5) is 0 Å². The summed E-state index contributed by atoms with van der Waals surface area (Å²) in [6, 6.07) is 6.31. The van der Waals surface area contributed by atoms with Gasteiger partial charge in [0, 0.05) is 19.7 Å². The van der Waals surface area contributed by atoms with Crippen molar-refractivity contribution in [3.63, 3.8) is 0 Å². The van der Waals surface area contributed by atoms with Crippen LogP contribution in [0, 0.1) is 0 Å². The van der Waals surface area contributed by atoms with Gasteiger partial charge in [-0.3, -0.25) is 0 Å². The maximum absolute atomic E-state index is 6.13. The largest absolute Gasteiger partial charge is 0.490 e. The van der Waals surface area contributed by atoms with Crippen molar-refractivity contribution in [2.24, 2.45) is 0 Å². The van der Waals surface area contributed by atoms with E-state index in [4.69, 9.17) is 21.1 Å². The first-order chi connectivity index (χ1) is 8.13. The Morgan fingerprint density at radius 3 is 2.65 bits per heavy atom. The van der Waals surface area contributed by atoms with Crippen molar-refractivity contribution >= 4 is 11.6 Å². The van der Waals surface area contributed by atoms with Crippen molar-refractivity contribution < 1.29 is 9.47 Å². The monoisotopic (exact) mass is 257 g/mol. The molecule has 1 aromatic rings. The van der Waals surface area contributed by atoms with Crippen LogP contribution in [0.25, 0.3) is 0 Å². The minimum Gasteiger partial charge on any atom is -0.490 e. The molecule has 0 saturated heterocycles. The first kappa shape index (κ1) is 14.3. The zero-order valence-electron chi connectivity index (χ0n) is 10.6. The molecule has 17 heavy (non-hydrogen) atoms. The molecule has 0 saturated carbocycles. The minimum atomic E-state index is 0.464. The quantitative estimate of drug-likeness (QED) is 0.762. The fraction of sp³-hybridized carbons (Fsp3) is 0.538. The van der Waals surface area contributed by atoms with Gasteiger partial charge in [0.1, 0.15) is 12.4 Å². The Hall–Kier alpha value is -0.770. The van der Waals surface area contributed by atoms with Crippen LogP contribution in [0.5, 0.6) is 5.75 Å². The molecule has 0 atom stereocenters. The highest BCUT2D eigenvalue weighted by molar-refractivity contribution is 6.32. The highest BCUT2D eigenvalue weighted by Crippen LogP contribution is 2.25. The van der Waals surface area contributed by atoms with Gasteiger partial charge in [-0.05, 0) is 17.7 Å². The first-order valence-electron chi connectivity index (χ1n) is 5.77. The molecule has 0 aliphatic rings. The summed E-state index contributed by atoms with van der Waals surface area (Å²) in [5, 5.41) is 3.98. The molecular formula is C13H20ClNO2. The van der Waals surface area contributed by atoms with Crippen molar-refractivity contribution in [3.05, 3.63) is 28.8 Å². The summed E-state index contributed by atoms with van der Waals surface area (Å²) in [4.78, 5) is 0. The summed E-state index contributed by atoms with van der Waals surface area (Å²) in [7, 11) is 1.64. The van der Waals surface area contributed by atoms with E-state index in [1.54, 1.807) is 7.11 Å². The summed E-state index contributed by atoms with van der Waals surface area (Å²) in [5.41, 5.74) is 1.16. The van der Waals surface area contributed by atoms with Gasteiger partial charge in [0.2, 0.25) is 0 Å². The molecule has 0 aromatic heterocycles. The molecule has 1 rings (SSSR count). The van der Waals surface area contributed by atoms with E-state index in [0.29, 0.717) is 30.0 Å². The van der Waals surface area contributed by atoms with Crippen molar-refractivity contribution in [3.8, 4) is 5.75 Å². The lowest BCUT2D eigenvalue weighted by atomic mass is 10.2. The summed E-state index contributed by atoms with van der Waals surface area (Å²) in [5.74, 6) is 0.706. The van der Waals surface area contributed by atoms with Gasteiger partial charge in [0.15, 0.2) is 0 Å². The van der Waals surface area contributed by atoms with E-state index < -0.39 is 0 Å². The molecule has 0 radical (unpaired) electrons. The standard InChI is InChI=1S/C13H20ClNO2/c1-10(2)15-9-11-4-5-13(12(14)8-11)17-7-6-16-3/h4-5,8,10,15H,6-7,9H2,1-3H3. The molecule has 3 nitrogen and oxygen atoms in total. The molecule has 0 fully saturated rings. The number of hydrogen-bond acceptors (Lipinski definition) is 3. The molecule has 4 heteroatoms. The van der Waals surface area contributed by atoms with Crippen molar-refractivity contribution in [1.82, 2.24) is 5.32 Å². The smallest absolute Gasteiger partial charge is 0.138 e. The lowest BCUT2D eigenvalue weighted by Gasteiger charge is -2.11. The molecule has 0 spiro atoms. The van der Waals surface area contributed by atoms with Crippen LogP contribution in [-0.4, -0.2) is 26.4 Å². The molecule has 0 aliphatic heterocycles. The van der Waals surface area contributed by atoms with Crippen LogP contribution in [0.15, 0.2) is 18.2 Å². The van der Waals surface area contributed by atoms with Gasteiger partial charge in [-0.1, -0.05) is 31.5 Å². The van der Waals surface area contributed by atoms with Crippen molar-refractivity contribution in [2.75, 3.05) is 20.3 Å². The number of methoxy groups -OCH3 is 1. The third kappa shape index (κ3) is 5.39. The fourth-order valence-corrected chi connectivity index (χ4v) is 1.59. The predicted molar refractivity (Wildman–Crippen MR) is 70.8 cm³/mol. The summed E-state index contributed by atoms with van der Waals surface area (Å²) < 4.78 is 10.4. The van der Waals surface area contributed by atoms with Crippen LogP contribution in [-0.2, 0) is 11.3 Å². The number of nitrogens with one attached hydrogen (secondary N) is 1. The molecular weight excluding hydrogens is 238 g/mol. The van der Waals surface area contributed by atoms with Crippen LogP contribution in [0.1, 0.15) is 19.4 Å². The number of hydrogen-bond donors (Lipinski definition) is 1. The van der Waals surface area contributed by atoms with E-state index in [2.05, 4.69) is 19.2 Å². The predicted octanol–water partition coefficient (Wildman–Crippen LogP) is 2.86. The van der Waals surface area contributed by atoms with Gasteiger partial charge < -0.3 is 14.8 Å². The van der Waals surface area contributed by atoms with Gasteiger partial charge >= 0.3 is 0 Å². The summed E-state index contributed by atoms with van der Waals surface area (Å²) in [6.07, 6.45) is 0. The third-order valence-corrected chi connectivity index (χ3v) is 2.55. The Balaban J connectivity index is 2.53. The topological polar surface area (TPSA) is 30.5 Å². The van der Waals surface area contributed by atoms with Crippen molar-refractivity contribution in [1.29, 1.82) is 0 Å². The third-order valence-electron chi connectivity index (χ3n) is 2.26. The highest BCUT2D eigenvalue weighted by atomic mass is 35.5. The number of benzene rings is 1. The molecule has 0 aliphatic carbocycles. The van der Waals surface area contributed by atoms with Gasteiger partial charge in [-0.15, -0.1) is 0 Å². The lowest BCUT2D eigenvalue weighted by Crippen LogP contribution is -2.21. The van der Waals surface area contributed by atoms with E-state index >= 15 is 0 Å². The van der Waals surface area contributed by atoms with E-state index in [1.807, 2.05) is 18.2 Å². The normalized spacial score (nSPS) is 10.9. The first-order valence-corrected chi connectivity index (χ1v) is 6.15. The van der Waals surface area contributed by atoms with Crippen LogP contribution in [0.3, 0.4) is 0 Å². The van der Waals surface area contributed by atoms with Gasteiger partial charge in [0.25, 0.3) is 0 Å². The molecule has 0 heterocycles. The Morgan fingerprint density at radius 2 is 2.06 bits per heavy atom. The van der Waals surface area contributed by atoms with Crippen LogP contribution >= 0.6 is 11.6 Å². The van der Waals surface area contributed by atoms with E-state index in [0.717, 1.165) is 12.1 Å². The second kappa shape index (κ2) is 7.54. The van der Waals surface area contributed by atoms with E-state index in [1.165, 1.54) is 0 Å². The second-order valence-electron chi connectivity index (χ2n) is 4.14. The molecule has 0 unspecified atom stereocenters. The van der Waals surface area contributed by atoms with Gasteiger partial charge in [0.05, 0.1) is 11.6 Å². The molecule has 0 bridgehead atoms. The summed E-state index contributed by atoms with van der Waals surface area (Å²) in [6.45, 7) is 6.12. The zero-order chi connectivity index (χ0) is 12.7. The number of rotatable bonds is 7. The average Bonchev–Trinajstić information content (AvgIpc) is 2.29. The number of ether oxygens (including phenoxy) is 2. The lowest BCUT2D eigenvalue weighted by molar-refractivity contribution is 0.146. The Bertz CT molecular complexity index is 342. The SMILES string of the molecule is COCCOc1ccc(CNC(C)C)cc1Cl. The molecule has 1 aromatic carbocycles. The Kier molecular flexibility index (Phi) is 6.34. The van der Waals surface area contributed by atoms with Gasteiger partial charge in [-0.2, -0.15) is 0 Å². The maximum atomic E-state index is 6.13. The van der Waals surface area contributed by atoms with Crippen LogP contribution < -0.4 is 10.1 Å².